The van der Waals surface area contributed by atoms with E-state index in [1.165, 1.54) is 0 Å². The van der Waals surface area contributed by atoms with Gasteiger partial charge in [0.2, 0.25) is 0 Å². The van der Waals surface area contributed by atoms with Crippen molar-refractivity contribution in [3.8, 4) is 0 Å². The number of ether oxygens (including phenoxy) is 1. The van der Waals surface area contributed by atoms with E-state index in [0.29, 0.717) is 0 Å². The Kier molecular flexibility index (Phi) is 6.22. The molecule has 0 amide bonds. The van der Waals surface area contributed by atoms with Crippen molar-refractivity contribution in [1.29, 1.82) is 0 Å². The van der Waals surface area contributed by atoms with Crippen molar-refractivity contribution in [3.05, 3.63) is 18.2 Å². The van der Waals surface area contributed by atoms with Crippen LogP contribution in [0, 0.1) is 0 Å². The molecule has 4 heteroatoms. The maximum absolute atomic E-state index is 6.19. The molecule has 0 bridgehead atoms. The summed E-state index contributed by atoms with van der Waals surface area (Å²) in [5.74, 6) is 1.07. The van der Waals surface area contributed by atoms with Crippen LogP contribution in [-0.2, 0) is 17.7 Å². The van der Waals surface area contributed by atoms with Crippen LogP contribution in [0.15, 0.2) is 12.4 Å². The molecule has 0 saturated heterocycles. The van der Waals surface area contributed by atoms with E-state index < -0.39 is 0 Å². The number of hydrogen-bond acceptors (Lipinski definition) is 3. The summed E-state index contributed by atoms with van der Waals surface area (Å²) in [4.78, 5) is 4.38. The maximum atomic E-state index is 6.19. The van der Waals surface area contributed by atoms with Crippen LogP contribution in [0.5, 0.6) is 0 Å². The van der Waals surface area contributed by atoms with Crippen molar-refractivity contribution in [2.24, 2.45) is 5.73 Å². The number of aryl methyl sites for hydroxylation is 1. The van der Waals surface area contributed by atoms with Crippen LogP contribution in [0.4, 0.5) is 0 Å². The summed E-state index contributed by atoms with van der Waals surface area (Å²) >= 11 is 0. The van der Waals surface area contributed by atoms with Crippen molar-refractivity contribution in [2.45, 2.75) is 58.7 Å². The minimum Gasteiger partial charge on any atom is -0.377 e. The van der Waals surface area contributed by atoms with Crippen molar-refractivity contribution >= 4 is 0 Å². The largest absolute Gasteiger partial charge is 0.377 e. The predicted octanol–water partition coefficient (Wildman–Crippen LogP) is 1.98. The monoisotopic (exact) mass is 239 g/mol. The molecule has 2 N–H and O–H groups in total. The van der Waals surface area contributed by atoms with E-state index in [0.717, 1.165) is 38.2 Å². The Labute approximate surface area is 104 Å². The average Bonchev–Trinajstić information content (AvgIpc) is 2.74. The number of nitrogens with zero attached hydrogens (tertiary/aromatic N) is 2. The lowest BCUT2D eigenvalue weighted by Crippen LogP contribution is -2.39. The molecule has 0 saturated carbocycles. The van der Waals surface area contributed by atoms with Gasteiger partial charge in [0.1, 0.15) is 5.82 Å². The van der Waals surface area contributed by atoms with E-state index in [1.807, 2.05) is 19.3 Å². The van der Waals surface area contributed by atoms with E-state index in [1.54, 1.807) is 0 Å². The molecule has 98 valence electrons. The molecule has 1 aromatic rings. The van der Waals surface area contributed by atoms with Crippen molar-refractivity contribution in [1.82, 2.24) is 9.55 Å². The van der Waals surface area contributed by atoms with Gasteiger partial charge in [-0.15, -0.1) is 0 Å². The minimum absolute atomic E-state index is 0.0259. The summed E-state index contributed by atoms with van der Waals surface area (Å²) in [6.07, 6.45) is 6.84. The fourth-order valence-electron chi connectivity index (χ4n) is 2.08. The Morgan fingerprint density at radius 1 is 1.41 bits per heavy atom. The lowest BCUT2D eigenvalue weighted by molar-refractivity contribution is 0.0411. The van der Waals surface area contributed by atoms with Gasteiger partial charge in [0, 0.05) is 38.0 Å². The Morgan fingerprint density at radius 3 is 2.76 bits per heavy atom. The van der Waals surface area contributed by atoms with E-state index in [4.69, 9.17) is 10.5 Å². The van der Waals surface area contributed by atoms with Crippen LogP contribution in [0.25, 0.3) is 0 Å². The molecule has 0 aliphatic heterocycles. The topological polar surface area (TPSA) is 53.1 Å². The smallest absolute Gasteiger partial charge is 0.110 e. The number of rotatable bonds is 8. The minimum atomic E-state index is 0.0259. The van der Waals surface area contributed by atoms with Gasteiger partial charge in [-0.05, 0) is 19.8 Å². The first-order valence-electron chi connectivity index (χ1n) is 6.60. The molecule has 4 nitrogen and oxygen atoms in total. The van der Waals surface area contributed by atoms with Crippen LogP contribution < -0.4 is 5.73 Å². The Balaban J connectivity index is 2.59. The van der Waals surface area contributed by atoms with E-state index >= 15 is 0 Å². The zero-order valence-electron chi connectivity index (χ0n) is 11.2. The molecular weight excluding hydrogens is 214 g/mol. The van der Waals surface area contributed by atoms with Crippen LogP contribution in [0.2, 0.25) is 0 Å². The second kappa shape index (κ2) is 7.45. The molecule has 0 spiro atoms. The quantitative estimate of drug-likeness (QED) is 0.754. The zero-order chi connectivity index (χ0) is 12.7. The third kappa shape index (κ3) is 4.13. The molecule has 1 rings (SSSR count). The lowest BCUT2D eigenvalue weighted by atomic mass is 10.1. The standard InChI is InChI=1S/C13H25N3O/c1-4-8-16-9-7-15-13(16)10-11(14)12(5-2)17-6-3/h7,9,11-12H,4-6,8,10,14H2,1-3H3. The second-order valence-electron chi connectivity index (χ2n) is 4.31. The van der Waals surface area contributed by atoms with Crippen molar-refractivity contribution < 1.29 is 4.74 Å². The normalized spacial score (nSPS) is 14.8. The molecule has 0 aromatic carbocycles. The molecule has 17 heavy (non-hydrogen) atoms. The lowest BCUT2D eigenvalue weighted by Gasteiger charge is -2.22. The molecule has 0 radical (unpaired) electrons. The first kappa shape index (κ1) is 14.2. The Bertz CT molecular complexity index is 311. The number of nitrogens with two attached hydrogens (primary N) is 1. The van der Waals surface area contributed by atoms with Gasteiger partial charge in [0.05, 0.1) is 6.10 Å². The fourth-order valence-corrected chi connectivity index (χ4v) is 2.08. The SMILES string of the molecule is CCCn1ccnc1CC(N)C(CC)OCC. The Morgan fingerprint density at radius 2 is 2.18 bits per heavy atom. The molecule has 1 aromatic heterocycles. The first-order chi connectivity index (χ1) is 8.22. The highest BCUT2D eigenvalue weighted by Gasteiger charge is 2.18. The number of imidazole rings is 1. The molecule has 0 aliphatic rings. The van der Waals surface area contributed by atoms with Crippen molar-refractivity contribution in [3.63, 3.8) is 0 Å². The van der Waals surface area contributed by atoms with Crippen LogP contribution >= 0.6 is 0 Å². The van der Waals surface area contributed by atoms with Gasteiger partial charge in [0.15, 0.2) is 0 Å². The van der Waals surface area contributed by atoms with E-state index in [2.05, 4.69) is 23.4 Å². The highest BCUT2D eigenvalue weighted by atomic mass is 16.5. The summed E-state index contributed by atoms with van der Waals surface area (Å²) in [6, 6.07) is 0.0259. The van der Waals surface area contributed by atoms with Gasteiger partial charge in [-0.1, -0.05) is 13.8 Å². The third-order valence-corrected chi connectivity index (χ3v) is 2.95. The van der Waals surface area contributed by atoms with Crippen molar-refractivity contribution in [2.75, 3.05) is 6.61 Å². The zero-order valence-corrected chi connectivity index (χ0v) is 11.2. The van der Waals surface area contributed by atoms with Crippen LogP contribution in [-0.4, -0.2) is 28.3 Å². The van der Waals surface area contributed by atoms with E-state index in [-0.39, 0.29) is 12.1 Å². The fraction of sp³-hybridized carbons (Fsp3) is 0.769. The molecule has 2 atom stereocenters. The molecular formula is C13H25N3O. The second-order valence-corrected chi connectivity index (χ2v) is 4.31. The molecule has 2 unspecified atom stereocenters. The van der Waals surface area contributed by atoms with Crippen LogP contribution in [0.1, 0.15) is 39.4 Å². The van der Waals surface area contributed by atoms with Gasteiger partial charge < -0.3 is 15.0 Å². The summed E-state index contributed by atoms with van der Waals surface area (Å²) in [7, 11) is 0. The highest BCUT2D eigenvalue weighted by Crippen LogP contribution is 2.09. The highest BCUT2D eigenvalue weighted by molar-refractivity contribution is 4.96. The summed E-state index contributed by atoms with van der Waals surface area (Å²) in [5.41, 5.74) is 6.19. The number of hydrogen-bond donors (Lipinski definition) is 1. The van der Waals surface area contributed by atoms with E-state index in [9.17, 15) is 0 Å². The third-order valence-electron chi connectivity index (χ3n) is 2.95. The summed E-state index contributed by atoms with van der Waals surface area (Å²) in [5, 5.41) is 0. The van der Waals surface area contributed by atoms with Crippen LogP contribution in [0.3, 0.4) is 0 Å². The molecule has 0 fully saturated rings. The van der Waals surface area contributed by atoms with Gasteiger partial charge in [-0.2, -0.15) is 0 Å². The summed E-state index contributed by atoms with van der Waals surface area (Å²) < 4.78 is 7.82. The van der Waals surface area contributed by atoms with Gasteiger partial charge >= 0.3 is 0 Å². The first-order valence-corrected chi connectivity index (χ1v) is 6.60. The van der Waals surface area contributed by atoms with Gasteiger partial charge in [0.25, 0.3) is 0 Å². The maximum Gasteiger partial charge on any atom is 0.110 e. The molecule has 1 heterocycles. The van der Waals surface area contributed by atoms with Gasteiger partial charge in [-0.25, -0.2) is 4.98 Å². The number of aromatic nitrogens is 2. The summed E-state index contributed by atoms with van der Waals surface area (Å²) in [6.45, 7) is 8.01. The molecule has 0 aliphatic carbocycles. The predicted molar refractivity (Wildman–Crippen MR) is 69.9 cm³/mol. The average molecular weight is 239 g/mol. The Hall–Kier alpha value is -0.870. The van der Waals surface area contributed by atoms with Gasteiger partial charge in [-0.3, -0.25) is 0 Å².